The third-order valence-electron chi connectivity index (χ3n) is 8.01. The van der Waals surface area contributed by atoms with Crippen LogP contribution in [0.1, 0.15) is 28.7 Å². The lowest BCUT2D eigenvalue weighted by atomic mass is 9.76. The van der Waals surface area contributed by atoms with Crippen molar-refractivity contribution in [1.82, 2.24) is 10.2 Å². The first-order valence-corrected chi connectivity index (χ1v) is 12.2. The number of rotatable bonds is 7. The molecule has 0 radical (unpaired) electrons. The Labute approximate surface area is 214 Å². The highest BCUT2D eigenvalue weighted by atomic mass is 16.5. The molecule has 4 atom stereocenters. The van der Waals surface area contributed by atoms with E-state index in [-0.39, 0.29) is 13.0 Å². The number of fused-ring (bicyclic) bond motifs is 4. The minimum Gasteiger partial charge on any atom is -0.493 e. The highest BCUT2D eigenvalue weighted by molar-refractivity contribution is 6.15. The standard InChI is InChI=1S/C27H30N4O6/c1-13-5-7-16-23(14(13)2)29-26(35)27(16)22-21(17(30-27)12-20(28)32)24(33)31(25(22)34)10-9-15-6-8-18(36-3)19(11-15)37-4/h5-8,11,17,21-22,30H,9-10,12H2,1-4H3,(H2,28,32)(H,29,35)/t17-,21-,22+,27-/m1/s1. The molecule has 0 aromatic heterocycles. The van der Waals surface area contributed by atoms with E-state index in [0.717, 1.165) is 16.7 Å². The Balaban J connectivity index is 1.51. The summed E-state index contributed by atoms with van der Waals surface area (Å²) in [6.07, 6.45) is 0.220. The van der Waals surface area contributed by atoms with E-state index in [0.29, 0.717) is 29.2 Å². The third kappa shape index (κ3) is 3.58. The van der Waals surface area contributed by atoms with Crippen molar-refractivity contribution in [1.29, 1.82) is 0 Å². The third-order valence-corrected chi connectivity index (χ3v) is 8.01. The molecule has 0 saturated carbocycles. The summed E-state index contributed by atoms with van der Waals surface area (Å²) in [6, 6.07) is 8.37. The first kappa shape index (κ1) is 24.8. The van der Waals surface area contributed by atoms with E-state index >= 15 is 0 Å². The molecule has 5 rings (SSSR count). The Morgan fingerprint density at radius 2 is 1.78 bits per heavy atom. The molecule has 4 amide bonds. The molecule has 10 nitrogen and oxygen atoms in total. The van der Waals surface area contributed by atoms with Crippen LogP contribution < -0.4 is 25.8 Å². The van der Waals surface area contributed by atoms with Crippen molar-refractivity contribution in [2.75, 3.05) is 26.1 Å². The fraction of sp³-hybridized carbons (Fsp3) is 0.407. The Hall–Kier alpha value is -3.92. The molecule has 0 bridgehead atoms. The van der Waals surface area contributed by atoms with Gasteiger partial charge in [-0.2, -0.15) is 0 Å². The molecule has 4 N–H and O–H groups in total. The molecule has 2 fully saturated rings. The lowest BCUT2D eigenvalue weighted by Gasteiger charge is -2.29. The number of nitrogens with one attached hydrogen (secondary N) is 2. The summed E-state index contributed by atoms with van der Waals surface area (Å²) in [4.78, 5) is 54.2. The minimum atomic E-state index is -1.45. The van der Waals surface area contributed by atoms with Gasteiger partial charge in [-0.3, -0.25) is 29.4 Å². The summed E-state index contributed by atoms with van der Waals surface area (Å²) in [5.74, 6) is -2.61. The first-order chi connectivity index (χ1) is 17.6. The molecule has 3 aliphatic rings. The Morgan fingerprint density at radius 1 is 1.05 bits per heavy atom. The van der Waals surface area contributed by atoms with Crippen molar-refractivity contribution >= 4 is 29.3 Å². The number of hydrogen-bond donors (Lipinski definition) is 3. The summed E-state index contributed by atoms with van der Waals surface area (Å²) in [7, 11) is 3.08. The molecule has 3 heterocycles. The van der Waals surface area contributed by atoms with Gasteiger partial charge in [0.2, 0.25) is 23.6 Å². The zero-order valence-corrected chi connectivity index (χ0v) is 21.2. The number of aryl methyl sites for hydroxylation is 1. The molecule has 2 aromatic carbocycles. The number of imide groups is 1. The number of likely N-dealkylation sites (tertiary alicyclic amines) is 1. The number of amides is 4. The molecule has 1 spiro atoms. The second-order valence-corrected chi connectivity index (χ2v) is 9.88. The maximum absolute atomic E-state index is 13.9. The normalized spacial score (nSPS) is 25.9. The summed E-state index contributed by atoms with van der Waals surface area (Å²) in [5, 5.41) is 6.16. The van der Waals surface area contributed by atoms with Crippen molar-refractivity contribution in [3.8, 4) is 11.5 Å². The average molecular weight is 507 g/mol. The van der Waals surface area contributed by atoms with Crippen LogP contribution in [-0.4, -0.2) is 55.3 Å². The summed E-state index contributed by atoms with van der Waals surface area (Å²) < 4.78 is 10.6. The van der Waals surface area contributed by atoms with Crippen molar-refractivity contribution < 1.29 is 28.7 Å². The Bertz CT molecular complexity index is 1340. The quantitative estimate of drug-likeness (QED) is 0.479. The van der Waals surface area contributed by atoms with Crippen LogP contribution in [0.15, 0.2) is 30.3 Å². The lowest BCUT2D eigenvalue weighted by Crippen LogP contribution is -2.53. The highest BCUT2D eigenvalue weighted by Crippen LogP contribution is 2.54. The molecule has 2 aromatic rings. The number of carbonyl (C=O) groups is 4. The van der Waals surface area contributed by atoms with Gasteiger partial charge in [-0.1, -0.05) is 18.2 Å². The molecule has 0 unspecified atom stereocenters. The molecule has 0 aliphatic carbocycles. The van der Waals surface area contributed by atoms with E-state index in [1.807, 2.05) is 32.0 Å². The number of benzene rings is 2. The van der Waals surface area contributed by atoms with Gasteiger partial charge >= 0.3 is 0 Å². The smallest absolute Gasteiger partial charge is 0.250 e. The fourth-order valence-corrected chi connectivity index (χ4v) is 6.07. The van der Waals surface area contributed by atoms with Crippen LogP contribution in [0.25, 0.3) is 0 Å². The highest BCUT2D eigenvalue weighted by Gasteiger charge is 2.70. The summed E-state index contributed by atoms with van der Waals surface area (Å²) in [5.41, 5.74) is 8.04. The van der Waals surface area contributed by atoms with Crippen LogP contribution in [0.3, 0.4) is 0 Å². The Kier molecular flexibility index (Phi) is 5.94. The summed E-state index contributed by atoms with van der Waals surface area (Å²) >= 11 is 0. The zero-order chi connectivity index (χ0) is 26.6. The maximum atomic E-state index is 13.9. The minimum absolute atomic E-state index is 0.126. The lowest BCUT2D eigenvalue weighted by molar-refractivity contribution is -0.142. The van der Waals surface area contributed by atoms with E-state index in [2.05, 4.69) is 10.6 Å². The summed E-state index contributed by atoms with van der Waals surface area (Å²) in [6.45, 7) is 3.96. The number of carbonyl (C=O) groups excluding carboxylic acids is 4. The maximum Gasteiger partial charge on any atom is 0.250 e. The number of anilines is 1. The Morgan fingerprint density at radius 3 is 2.46 bits per heavy atom. The van der Waals surface area contributed by atoms with Crippen LogP contribution in [0, 0.1) is 25.7 Å². The molecular formula is C27H30N4O6. The van der Waals surface area contributed by atoms with Crippen LogP contribution in [0.2, 0.25) is 0 Å². The second-order valence-electron chi connectivity index (χ2n) is 9.88. The van der Waals surface area contributed by atoms with Gasteiger partial charge in [-0.05, 0) is 49.1 Å². The van der Waals surface area contributed by atoms with Gasteiger partial charge in [0, 0.05) is 30.3 Å². The van der Waals surface area contributed by atoms with Crippen molar-refractivity contribution in [3.05, 3.63) is 52.6 Å². The molecule has 2 saturated heterocycles. The van der Waals surface area contributed by atoms with Gasteiger partial charge in [0.1, 0.15) is 5.54 Å². The second kappa shape index (κ2) is 8.88. The monoisotopic (exact) mass is 506 g/mol. The van der Waals surface area contributed by atoms with Crippen molar-refractivity contribution in [3.63, 3.8) is 0 Å². The van der Waals surface area contributed by atoms with Crippen LogP contribution in [-0.2, 0) is 31.1 Å². The van der Waals surface area contributed by atoms with Gasteiger partial charge < -0.3 is 20.5 Å². The predicted molar refractivity (Wildman–Crippen MR) is 134 cm³/mol. The van der Waals surface area contributed by atoms with Gasteiger partial charge in [0.15, 0.2) is 11.5 Å². The van der Waals surface area contributed by atoms with Crippen molar-refractivity contribution in [2.24, 2.45) is 17.6 Å². The number of nitrogens with zero attached hydrogens (tertiary/aromatic N) is 1. The average Bonchev–Trinajstić information content (AvgIpc) is 3.44. The van der Waals surface area contributed by atoms with Crippen molar-refractivity contribution in [2.45, 2.75) is 38.3 Å². The molecule has 10 heteroatoms. The molecule has 3 aliphatic heterocycles. The van der Waals surface area contributed by atoms with Crippen LogP contribution in [0.5, 0.6) is 11.5 Å². The van der Waals surface area contributed by atoms with Crippen LogP contribution >= 0.6 is 0 Å². The van der Waals surface area contributed by atoms with E-state index < -0.39 is 47.0 Å². The van der Waals surface area contributed by atoms with E-state index in [9.17, 15) is 19.2 Å². The van der Waals surface area contributed by atoms with Gasteiger partial charge in [0.25, 0.3) is 0 Å². The van der Waals surface area contributed by atoms with E-state index in [1.165, 1.54) is 12.0 Å². The van der Waals surface area contributed by atoms with E-state index in [1.54, 1.807) is 19.2 Å². The first-order valence-electron chi connectivity index (χ1n) is 12.2. The van der Waals surface area contributed by atoms with E-state index in [4.69, 9.17) is 15.2 Å². The number of nitrogens with two attached hydrogens (primary N) is 1. The van der Waals surface area contributed by atoms with Crippen LogP contribution in [0.4, 0.5) is 5.69 Å². The molecule has 194 valence electrons. The largest absolute Gasteiger partial charge is 0.493 e. The zero-order valence-electron chi connectivity index (χ0n) is 21.2. The number of ether oxygens (including phenoxy) is 2. The predicted octanol–water partition coefficient (Wildman–Crippen LogP) is 1.16. The molecular weight excluding hydrogens is 476 g/mol. The molecule has 37 heavy (non-hydrogen) atoms. The van der Waals surface area contributed by atoms with Gasteiger partial charge in [-0.15, -0.1) is 0 Å². The SMILES string of the molecule is COc1ccc(CCN2C(=O)[C@H]3[C@@H](C2=O)[C@@]2(N[C@@H]3CC(N)=O)C(=O)Nc3c2ccc(C)c3C)cc1OC. The fourth-order valence-electron chi connectivity index (χ4n) is 6.07. The topological polar surface area (TPSA) is 140 Å². The van der Waals surface area contributed by atoms with Gasteiger partial charge in [-0.25, -0.2) is 0 Å². The number of methoxy groups -OCH3 is 2. The number of primary amides is 1. The van der Waals surface area contributed by atoms with Gasteiger partial charge in [0.05, 0.1) is 26.1 Å². The number of hydrogen-bond acceptors (Lipinski definition) is 7.